The monoisotopic (exact) mass is 351 g/mol. The third-order valence-corrected chi connectivity index (χ3v) is 5.25. The van der Waals surface area contributed by atoms with E-state index in [2.05, 4.69) is 50.9 Å². The molecule has 3 rings (SSSR count). The normalized spacial score (nSPS) is 24.7. The van der Waals surface area contributed by atoms with Crippen molar-refractivity contribution in [3.05, 3.63) is 28.2 Å². The first kappa shape index (κ1) is 15.3. The van der Waals surface area contributed by atoms with E-state index in [1.165, 1.54) is 50.1 Å². The van der Waals surface area contributed by atoms with E-state index in [0.717, 1.165) is 23.5 Å². The van der Waals surface area contributed by atoms with Crippen molar-refractivity contribution < 1.29 is 0 Å². The maximum atomic E-state index is 6.04. The Labute approximate surface area is 136 Å². The lowest BCUT2D eigenvalue weighted by atomic mass is 9.98. The minimum absolute atomic E-state index is 0.203. The molecule has 0 aromatic heterocycles. The van der Waals surface area contributed by atoms with Gasteiger partial charge in [-0.2, -0.15) is 0 Å². The molecule has 116 valence electrons. The van der Waals surface area contributed by atoms with E-state index in [4.69, 9.17) is 5.73 Å². The van der Waals surface area contributed by atoms with E-state index in [1.807, 2.05) is 0 Å². The van der Waals surface area contributed by atoms with E-state index in [-0.39, 0.29) is 6.04 Å². The van der Waals surface area contributed by atoms with Crippen LogP contribution in [0.1, 0.15) is 31.7 Å². The molecule has 0 bridgehead atoms. The Hall–Kier alpha value is -0.580. The van der Waals surface area contributed by atoms with Crippen LogP contribution in [0.2, 0.25) is 0 Å². The minimum Gasteiger partial charge on any atom is -0.368 e. The van der Waals surface area contributed by atoms with E-state index in [9.17, 15) is 0 Å². The highest BCUT2D eigenvalue weighted by Gasteiger charge is 2.29. The highest BCUT2D eigenvalue weighted by molar-refractivity contribution is 9.10. The number of nitrogens with two attached hydrogens (primary N) is 1. The molecule has 2 atom stereocenters. The highest BCUT2D eigenvalue weighted by Crippen LogP contribution is 2.29. The fourth-order valence-electron chi connectivity index (χ4n) is 3.75. The molecular weight excluding hydrogens is 326 g/mol. The molecule has 0 aliphatic carbocycles. The molecule has 2 aliphatic heterocycles. The van der Waals surface area contributed by atoms with E-state index >= 15 is 0 Å². The molecule has 3 nitrogen and oxygen atoms in total. The summed E-state index contributed by atoms with van der Waals surface area (Å²) in [7, 11) is 0. The van der Waals surface area contributed by atoms with Crippen molar-refractivity contribution in [2.75, 3.05) is 31.1 Å². The summed E-state index contributed by atoms with van der Waals surface area (Å²) in [6, 6.07) is 7.62. The average molecular weight is 352 g/mol. The number of fused-ring (bicyclic) bond motifs is 1. The Kier molecular flexibility index (Phi) is 4.87. The van der Waals surface area contributed by atoms with Gasteiger partial charge in [-0.25, -0.2) is 0 Å². The van der Waals surface area contributed by atoms with Gasteiger partial charge in [0, 0.05) is 41.9 Å². The van der Waals surface area contributed by atoms with Gasteiger partial charge < -0.3 is 10.6 Å². The first-order chi connectivity index (χ1) is 10.1. The molecule has 2 unspecified atom stereocenters. The van der Waals surface area contributed by atoms with Crippen LogP contribution in [0, 0.1) is 0 Å². The molecule has 21 heavy (non-hydrogen) atoms. The summed E-state index contributed by atoms with van der Waals surface area (Å²) >= 11 is 3.60. The average Bonchev–Trinajstić information content (AvgIpc) is 2.46. The molecule has 2 aliphatic rings. The second kappa shape index (κ2) is 6.67. The van der Waals surface area contributed by atoms with Crippen LogP contribution < -0.4 is 10.6 Å². The minimum atomic E-state index is 0.203. The first-order valence-corrected chi connectivity index (χ1v) is 8.96. The molecule has 1 aromatic carbocycles. The first-order valence-electron chi connectivity index (χ1n) is 8.16. The van der Waals surface area contributed by atoms with Crippen molar-refractivity contribution in [1.82, 2.24) is 4.90 Å². The summed E-state index contributed by atoms with van der Waals surface area (Å²) in [5.41, 5.74) is 8.80. The Morgan fingerprint density at radius 2 is 2.14 bits per heavy atom. The van der Waals surface area contributed by atoms with E-state index < -0.39 is 0 Å². The van der Waals surface area contributed by atoms with Crippen LogP contribution in [-0.2, 0) is 6.42 Å². The van der Waals surface area contributed by atoms with E-state index in [1.54, 1.807) is 0 Å². The third-order valence-electron chi connectivity index (χ3n) is 4.76. The van der Waals surface area contributed by atoms with Crippen molar-refractivity contribution in [3.8, 4) is 0 Å². The summed E-state index contributed by atoms with van der Waals surface area (Å²) in [5, 5.41) is 0. The third kappa shape index (κ3) is 3.61. The highest BCUT2D eigenvalue weighted by atomic mass is 79.9. The summed E-state index contributed by atoms with van der Waals surface area (Å²) in [5.74, 6) is 0. The van der Waals surface area contributed by atoms with Gasteiger partial charge in [-0.05, 0) is 56.5 Å². The zero-order valence-electron chi connectivity index (χ0n) is 12.9. The maximum Gasteiger partial charge on any atom is 0.0401 e. The van der Waals surface area contributed by atoms with Crippen molar-refractivity contribution in [1.29, 1.82) is 0 Å². The van der Waals surface area contributed by atoms with E-state index in [0.29, 0.717) is 0 Å². The van der Waals surface area contributed by atoms with Gasteiger partial charge in [-0.1, -0.05) is 22.4 Å². The number of rotatable bonds is 3. The van der Waals surface area contributed by atoms with Crippen LogP contribution in [0.3, 0.4) is 0 Å². The molecule has 2 heterocycles. The molecule has 2 fully saturated rings. The number of anilines is 1. The van der Waals surface area contributed by atoms with Crippen LogP contribution in [0.4, 0.5) is 5.69 Å². The second-order valence-corrected chi connectivity index (χ2v) is 7.50. The fraction of sp³-hybridized carbons (Fsp3) is 0.647. The van der Waals surface area contributed by atoms with Crippen molar-refractivity contribution >= 4 is 21.6 Å². The van der Waals surface area contributed by atoms with Gasteiger partial charge in [-0.3, -0.25) is 4.90 Å². The summed E-state index contributed by atoms with van der Waals surface area (Å²) in [4.78, 5) is 5.26. The number of hydrogen-bond acceptors (Lipinski definition) is 3. The molecule has 0 radical (unpaired) electrons. The Balaban J connectivity index is 1.79. The zero-order valence-corrected chi connectivity index (χ0v) is 14.5. The summed E-state index contributed by atoms with van der Waals surface area (Å²) < 4.78 is 1.15. The SMILES string of the molecule is CC(N)Cc1cc(Br)ccc1N1CCN2CCCCC2C1. The number of hydrogen-bond donors (Lipinski definition) is 1. The molecular formula is C17H26BrN3. The lowest BCUT2D eigenvalue weighted by molar-refractivity contribution is 0.133. The molecule has 2 N–H and O–H groups in total. The fourth-order valence-corrected chi connectivity index (χ4v) is 4.16. The summed E-state index contributed by atoms with van der Waals surface area (Å²) in [6.45, 7) is 6.91. The van der Waals surface area contributed by atoms with Gasteiger partial charge in [0.2, 0.25) is 0 Å². The smallest absolute Gasteiger partial charge is 0.0401 e. The number of halogens is 1. The van der Waals surface area contributed by atoms with Gasteiger partial charge in [0.25, 0.3) is 0 Å². The largest absolute Gasteiger partial charge is 0.368 e. The molecule has 0 spiro atoms. The summed E-state index contributed by atoms with van der Waals surface area (Å²) in [6.07, 6.45) is 5.07. The number of nitrogens with zero attached hydrogens (tertiary/aromatic N) is 2. The number of benzene rings is 1. The number of piperidine rings is 1. The predicted molar refractivity (Wildman–Crippen MR) is 92.9 cm³/mol. The van der Waals surface area contributed by atoms with Crippen molar-refractivity contribution in [2.24, 2.45) is 5.73 Å². The van der Waals surface area contributed by atoms with Crippen LogP contribution in [0.5, 0.6) is 0 Å². The standard InChI is InChI=1S/C17H26BrN3/c1-13(19)10-14-11-15(18)5-6-17(14)21-9-8-20-7-3-2-4-16(20)12-21/h5-6,11,13,16H,2-4,7-10,12,19H2,1H3. The van der Waals surface area contributed by atoms with Gasteiger partial charge in [0.15, 0.2) is 0 Å². The predicted octanol–water partition coefficient (Wildman–Crippen LogP) is 3.01. The Morgan fingerprint density at radius 1 is 1.29 bits per heavy atom. The zero-order chi connectivity index (χ0) is 14.8. The van der Waals surface area contributed by atoms with Crippen molar-refractivity contribution in [3.63, 3.8) is 0 Å². The molecule has 2 saturated heterocycles. The van der Waals surface area contributed by atoms with Crippen molar-refractivity contribution in [2.45, 2.75) is 44.7 Å². The Morgan fingerprint density at radius 3 is 2.95 bits per heavy atom. The molecule has 0 amide bonds. The second-order valence-electron chi connectivity index (χ2n) is 6.59. The van der Waals surface area contributed by atoms with Gasteiger partial charge >= 0.3 is 0 Å². The molecule has 1 aromatic rings. The lowest BCUT2D eigenvalue weighted by Gasteiger charge is -2.45. The van der Waals surface area contributed by atoms with Crippen LogP contribution in [-0.4, -0.2) is 43.2 Å². The molecule has 4 heteroatoms. The van der Waals surface area contributed by atoms with Crippen LogP contribution >= 0.6 is 15.9 Å². The van der Waals surface area contributed by atoms with Crippen LogP contribution in [0.25, 0.3) is 0 Å². The number of piperazine rings is 1. The lowest BCUT2D eigenvalue weighted by Crippen LogP contribution is -2.55. The van der Waals surface area contributed by atoms with Gasteiger partial charge in [0.1, 0.15) is 0 Å². The van der Waals surface area contributed by atoms with Gasteiger partial charge in [0.05, 0.1) is 0 Å². The Bertz CT molecular complexity index is 489. The maximum absolute atomic E-state index is 6.04. The topological polar surface area (TPSA) is 32.5 Å². The van der Waals surface area contributed by atoms with Crippen LogP contribution in [0.15, 0.2) is 22.7 Å². The quantitative estimate of drug-likeness (QED) is 0.908. The molecule has 0 saturated carbocycles. The van der Waals surface area contributed by atoms with Gasteiger partial charge in [-0.15, -0.1) is 0 Å².